The largest absolute Gasteiger partial charge is 0.308 e. The second-order valence-electron chi connectivity index (χ2n) is 16.0. The molecule has 0 saturated carbocycles. The third kappa shape index (κ3) is 6.82. The van der Waals surface area contributed by atoms with Crippen molar-refractivity contribution in [2.45, 2.75) is 0 Å². The van der Waals surface area contributed by atoms with E-state index in [-0.39, 0.29) is 16.7 Å². The molecule has 11 rings (SSSR count). The fourth-order valence-corrected chi connectivity index (χ4v) is 9.18. The Labute approximate surface area is 369 Å². The van der Waals surface area contributed by atoms with Crippen LogP contribution in [0, 0.1) is 57.9 Å². The second-order valence-corrected chi connectivity index (χ2v) is 16.0. The molecule has 0 unspecified atom stereocenters. The molecule has 66 heavy (non-hydrogen) atoms. The molecule has 3 nitrogen and oxygen atoms in total. The Balaban J connectivity index is 1.20. The first kappa shape index (κ1) is 40.3. The van der Waals surface area contributed by atoms with Crippen LogP contribution in [0.25, 0.3) is 99.5 Å². The number of aromatic nitrogens is 2. The van der Waals surface area contributed by atoms with E-state index in [1.165, 1.54) is 48.5 Å². The van der Waals surface area contributed by atoms with Crippen molar-refractivity contribution >= 4 is 43.6 Å². The maximum Gasteiger partial charge on any atom is 0.126 e. The Kier molecular flexibility index (Phi) is 9.37. The molecule has 9 aromatic carbocycles. The number of hydrogen-bond acceptors (Lipinski definition) is 1. The van der Waals surface area contributed by atoms with Crippen molar-refractivity contribution in [2.75, 3.05) is 0 Å². The average Bonchev–Trinajstić information content (AvgIpc) is 3.78. The van der Waals surface area contributed by atoms with Crippen LogP contribution in [0.2, 0.25) is 0 Å². The fourth-order valence-electron chi connectivity index (χ4n) is 9.18. The molecule has 0 amide bonds. The van der Waals surface area contributed by atoms with Gasteiger partial charge < -0.3 is 9.13 Å². The summed E-state index contributed by atoms with van der Waals surface area (Å²) in [7, 11) is 0. The van der Waals surface area contributed by atoms with Crippen LogP contribution >= 0.6 is 0 Å². The van der Waals surface area contributed by atoms with Crippen molar-refractivity contribution < 1.29 is 35.1 Å². The number of rotatable bonds is 6. The normalized spacial score (nSPS) is 11.6. The molecule has 0 fully saturated rings. The number of nitriles is 1. The average molecular weight is 882 g/mol. The topological polar surface area (TPSA) is 33.6 Å². The minimum Gasteiger partial charge on any atom is -0.308 e. The molecule has 0 aliphatic heterocycles. The molecule has 0 aliphatic carbocycles. The quantitative estimate of drug-likeness (QED) is 0.153. The molecule has 0 saturated heterocycles. The van der Waals surface area contributed by atoms with Crippen molar-refractivity contribution in [1.82, 2.24) is 9.13 Å². The van der Waals surface area contributed by atoms with Crippen LogP contribution in [-0.4, -0.2) is 9.13 Å². The first-order valence-electron chi connectivity index (χ1n) is 20.5. The lowest BCUT2D eigenvalue weighted by Gasteiger charge is -2.16. The van der Waals surface area contributed by atoms with Crippen LogP contribution in [0.15, 0.2) is 164 Å². The highest BCUT2D eigenvalue weighted by Crippen LogP contribution is 2.42. The molecule has 0 spiro atoms. The van der Waals surface area contributed by atoms with Crippen molar-refractivity contribution in [3.05, 3.63) is 216 Å². The van der Waals surface area contributed by atoms with Crippen LogP contribution in [0.4, 0.5) is 35.1 Å². The van der Waals surface area contributed by atoms with Gasteiger partial charge in [0.15, 0.2) is 0 Å². The van der Waals surface area contributed by atoms with E-state index in [4.69, 9.17) is 0 Å². The number of hydrogen-bond donors (Lipinski definition) is 0. The van der Waals surface area contributed by atoms with Gasteiger partial charge in [-0.15, -0.1) is 0 Å². The van der Waals surface area contributed by atoms with Gasteiger partial charge in [-0.3, -0.25) is 0 Å². The highest BCUT2D eigenvalue weighted by atomic mass is 19.2. The summed E-state index contributed by atoms with van der Waals surface area (Å²) in [5, 5.41) is 13.9. The lowest BCUT2D eigenvalue weighted by Crippen LogP contribution is -2.04. The molecule has 2 aromatic heterocycles. The van der Waals surface area contributed by atoms with Crippen molar-refractivity contribution in [3.63, 3.8) is 0 Å². The third-order valence-electron chi connectivity index (χ3n) is 11.9. The molecule has 11 aromatic rings. The van der Waals surface area contributed by atoms with E-state index >= 15 is 0 Å². The zero-order chi connectivity index (χ0) is 45.5. The van der Waals surface area contributed by atoms with E-state index in [1.807, 2.05) is 9.13 Å². The van der Waals surface area contributed by atoms with Crippen molar-refractivity contribution in [2.24, 2.45) is 0 Å². The molecule has 0 aliphatic rings. The van der Waals surface area contributed by atoms with Gasteiger partial charge >= 0.3 is 0 Å². The Bertz CT molecular complexity index is 3570. The summed E-state index contributed by atoms with van der Waals surface area (Å²) in [6.07, 6.45) is 0. The maximum absolute atomic E-state index is 14.6. The molecule has 0 N–H and O–H groups in total. The number of benzene rings is 9. The third-order valence-corrected chi connectivity index (χ3v) is 11.9. The zero-order valence-corrected chi connectivity index (χ0v) is 34.0. The van der Waals surface area contributed by atoms with Crippen LogP contribution in [0.5, 0.6) is 0 Å². The van der Waals surface area contributed by atoms with Crippen LogP contribution in [0.1, 0.15) is 5.56 Å². The minimum absolute atomic E-state index is 0.173. The predicted molar refractivity (Wildman–Crippen MR) is 241 cm³/mol. The van der Waals surface area contributed by atoms with Crippen molar-refractivity contribution in [3.8, 4) is 62.0 Å². The molecular formula is C55H27F8N3. The number of fused-ring (bicyclic) bond motifs is 6. The summed E-state index contributed by atoms with van der Waals surface area (Å²) in [6.45, 7) is 0. The predicted octanol–water partition coefficient (Wildman–Crippen LogP) is 15.5. The fraction of sp³-hybridized carbons (Fsp3) is 0. The lowest BCUT2D eigenvalue weighted by molar-refractivity contribution is 0.583. The van der Waals surface area contributed by atoms with Crippen LogP contribution in [-0.2, 0) is 0 Å². The summed E-state index contributed by atoms with van der Waals surface area (Å²) in [6, 6.07) is 41.5. The van der Waals surface area contributed by atoms with Gasteiger partial charge in [-0.25, -0.2) is 35.1 Å². The second kappa shape index (κ2) is 15.3. The molecule has 2 heterocycles. The Morgan fingerprint density at radius 1 is 0.288 bits per heavy atom. The highest BCUT2D eigenvalue weighted by Gasteiger charge is 2.23. The first-order chi connectivity index (χ1) is 31.9. The standard InChI is InChI=1S/C55H27F8N3/c56-37-12-33(13-38(57)24-37)29-6-10-52-47(20-29)45-8-4-31(35-16-41(60)26-42(61)17-35)22-54(45)65(52)50-2-1-3-51(49(50)28-64)66-53-11-7-30(34-14-39(58)25-40(59)15-34)21-48(53)46-9-5-32(23-55(46)66)36-18-43(62)27-44(63)19-36/h1-27H. The Morgan fingerprint density at radius 3 is 0.909 bits per heavy atom. The van der Waals surface area contributed by atoms with Gasteiger partial charge in [-0.2, -0.15) is 5.26 Å². The van der Waals surface area contributed by atoms with E-state index in [1.54, 1.807) is 91.0 Å². The van der Waals surface area contributed by atoms with E-state index < -0.39 is 46.5 Å². The SMILES string of the molecule is N#Cc1c(-n2c3ccc(-c4cc(F)cc(F)c4)cc3c3ccc(-c4cc(F)cc(F)c4)cc32)cccc1-n1c2ccc(-c3cc(F)cc(F)c3)cc2c2ccc(-c3cc(F)cc(F)c3)cc21. The summed E-state index contributed by atoms with van der Waals surface area (Å²) >= 11 is 0. The Morgan fingerprint density at radius 2 is 0.591 bits per heavy atom. The van der Waals surface area contributed by atoms with Gasteiger partial charge in [-0.05, 0) is 142 Å². The maximum atomic E-state index is 14.6. The van der Waals surface area contributed by atoms with Crippen LogP contribution in [0.3, 0.4) is 0 Å². The van der Waals surface area contributed by atoms with Crippen LogP contribution < -0.4 is 0 Å². The number of nitrogens with zero attached hydrogens (tertiary/aromatic N) is 3. The van der Waals surface area contributed by atoms with Gasteiger partial charge in [-0.1, -0.05) is 42.5 Å². The van der Waals surface area contributed by atoms with Gasteiger partial charge in [0, 0.05) is 45.8 Å². The molecule has 0 bridgehead atoms. The molecule has 11 heteroatoms. The van der Waals surface area contributed by atoms with Gasteiger partial charge in [0.2, 0.25) is 0 Å². The highest BCUT2D eigenvalue weighted by molar-refractivity contribution is 6.13. The minimum atomic E-state index is -0.774. The van der Waals surface area contributed by atoms with E-state index in [0.29, 0.717) is 88.4 Å². The summed E-state index contributed by atoms with van der Waals surface area (Å²) in [4.78, 5) is 0. The zero-order valence-electron chi connectivity index (χ0n) is 34.0. The van der Waals surface area contributed by atoms with Gasteiger partial charge in [0.1, 0.15) is 58.2 Å². The molecular weight excluding hydrogens is 855 g/mol. The van der Waals surface area contributed by atoms with Gasteiger partial charge in [0.05, 0.1) is 33.4 Å². The molecule has 0 radical (unpaired) electrons. The summed E-state index contributed by atoms with van der Waals surface area (Å²) < 4.78 is 120. The smallest absolute Gasteiger partial charge is 0.126 e. The molecule has 0 atom stereocenters. The summed E-state index contributed by atoms with van der Waals surface area (Å²) in [5.41, 5.74) is 6.25. The van der Waals surface area contributed by atoms with Gasteiger partial charge in [0.25, 0.3) is 0 Å². The monoisotopic (exact) mass is 881 g/mol. The van der Waals surface area contributed by atoms with E-state index in [2.05, 4.69) is 6.07 Å². The lowest BCUT2D eigenvalue weighted by atomic mass is 10.0. The Hall–Kier alpha value is -8.49. The number of halogens is 8. The first-order valence-corrected chi connectivity index (χ1v) is 20.5. The van der Waals surface area contributed by atoms with Crippen molar-refractivity contribution in [1.29, 1.82) is 5.26 Å². The summed E-state index contributed by atoms with van der Waals surface area (Å²) in [5.74, 6) is -6.12. The van der Waals surface area contributed by atoms with E-state index in [0.717, 1.165) is 24.3 Å². The van der Waals surface area contributed by atoms with E-state index in [9.17, 15) is 40.4 Å². The molecule has 318 valence electrons.